The third kappa shape index (κ3) is 5.05. The molecule has 0 fully saturated rings. The first-order valence-corrected chi connectivity index (χ1v) is 6.30. The summed E-state index contributed by atoms with van der Waals surface area (Å²) in [5.41, 5.74) is 6.05. The van der Waals surface area contributed by atoms with Crippen LogP contribution in [-0.2, 0) is 4.79 Å². The molecule has 1 aromatic carbocycles. The molecule has 0 bridgehead atoms. The Morgan fingerprint density at radius 1 is 1.32 bits per heavy atom. The number of hydrogen-bond acceptors (Lipinski definition) is 3. The summed E-state index contributed by atoms with van der Waals surface area (Å²) in [7, 11) is 0. The topological polar surface area (TPSA) is 84.2 Å². The standard InChI is InChI=1S/C13H17N3O2S/c1-8(2)7-11(17)16-13(19)15-10-6-4-3-5-9(10)12(14)18/h3-6,8H,7H2,1-2H3,(H2,14,18)(H2,15,16,17,19). The number of anilines is 1. The van der Waals surface area contributed by atoms with E-state index < -0.39 is 5.91 Å². The maximum absolute atomic E-state index is 11.5. The molecule has 0 saturated carbocycles. The van der Waals surface area contributed by atoms with Gasteiger partial charge in [0.2, 0.25) is 5.91 Å². The van der Waals surface area contributed by atoms with E-state index in [-0.39, 0.29) is 16.9 Å². The average molecular weight is 279 g/mol. The number of carbonyl (C=O) groups excluding carboxylic acids is 2. The van der Waals surface area contributed by atoms with Crippen molar-refractivity contribution < 1.29 is 9.59 Å². The van der Waals surface area contributed by atoms with E-state index in [4.69, 9.17) is 18.0 Å². The van der Waals surface area contributed by atoms with Crippen molar-refractivity contribution in [1.82, 2.24) is 5.32 Å². The van der Waals surface area contributed by atoms with Gasteiger partial charge in [0.25, 0.3) is 5.91 Å². The number of carbonyl (C=O) groups is 2. The fourth-order valence-electron chi connectivity index (χ4n) is 1.51. The van der Waals surface area contributed by atoms with Crippen LogP contribution in [0, 0.1) is 5.92 Å². The van der Waals surface area contributed by atoms with Crippen molar-refractivity contribution in [3.8, 4) is 0 Å². The summed E-state index contributed by atoms with van der Waals surface area (Å²) < 4.78 is 0. The summed E-state index contributed by atoms with van der Waals surface area (Å²) in [6.07, 6.45) is 0.388. The molecule has 4 N–H and O–H groups in total. The maximum atomic E-state index is 11.5. The number of para-hydroxylation sites is 1. The molecule has 0 unspecified atom stereocenters. The Morgan fingerprint density at radius 2 is 1.95 bits per heavy atom. The van der Waals surface area contributed by atoms with E-state index in [2.05, 4.69) is 10.6 Å². The van der Waals surface area contributed by atoms with E-state index in [0.29, 0.717) is 17.7 Å². The second-order valence-electron chi connectivity index (χ2n) is 4.51. The lowest BCUT2D eigenvalue weighted by atomic mass is 10.1. The largest absolute Gasteiger partial charge is 0.366 e. The summed E-state index contributed by atoms with van der Waals surface area (Å²) in [6, 6.07) is 6.70. The minimum absolute atomic E-state index is 0.152. The van der Waals surface area contributed by atoms with Gasteiger partial charge in [-0.3, -0.25) is 9.59 Å². The number of amides is 2. The molecule has 0 saturated heterocycles. The zero-order valence-electron chi connectivity index (χ0n) is 10.9. The lowest BCUT2D eigenvalue weighted by molar-refractivity contribution is -0.120. The lowest BCUT2D eigenvalue weighted by Gasteiger charge is -2.12. The summed E-state index contributed by atoms with van der Waals surface area (Å²) in [6.45, 7) is 3.89. The van der Waals surface area contributed by atoms with Gasteiger partial charge in [-0.2, -0.15) is 0 Å². The maximum Gasteiger partial charge on any atom is 0.250 e. The van der Waals surface area contributed by atoms with Crippen LogP contribution in [0.3, 0.4) is 0 Å². The SMILES string of the molecule is CC(C)CC(=O)NC(=S)Nc1ccccc1C(N)=O. The van der Waals surface area contributed by atoms with Crippen molar-refractivity contribution in [2.75, 3.05) is 5.32 Å². The number of hydrogen-bond donors (Lipinski definition) is 3. The van der Waals surface area contributed by atoms with E-state index in [1.54, 1.807) is 24.3 Å². The molecule has 0 radical (unpaired) electrons. The van der Waals surface area contributed by atoms with Gasteiger partial charge in [0.15, 0.2) is 5.11 Å². The van der Waals surface area contributed by atoms with Gasteiger partial charge >= 0.3 is 0 Å². The van der Waals surface area contributed by atoms with Crippen LogP contribution in [0.1, 0.15) is 30.6 Å². The fourth-order valence-corrected chi connectivity index (χ4v) is 1.73. The zero-order chi connectivity index (χ0) is 14.4. The van der Waals surface area contributed by atoms with E-state index in [1.165, 1.54) is 0 Å². The van der Waals surface area contributed by atoms with Gasteiger partial charge in [0.05, 0.1) is 11.3 Å². The molecule has 1 aromatic rings. The molecule has 2 amide bonds. The van der Waals surface area contributed by atoms with Gasteiger partial charge in [-0.25, -0.2) is 0 Å². The molecule has 1 rings (SSSR count). The van der Waals surface area contributed by atoms with Gasteiger partial charge in [0.1, 0.15) is 0 Å². The first kappa shape index (κ1) is 15.1. The Bertz CT molecular complexity index is 500. The monoisotopic (exact) mass is 279 g/mol. The van der Waals surface area contributed by atoms with Gasteiger partial charge in [-0.05, 0) is 30.3 Å². The molecular weight excluding hydrogens is 262 g/mol. The first-order chi connectivity index (χ1) is 8.90. The molecular formula is C13H17N3O2S. The molecule has 5 nitrogen and oxygen atoms in total. The van der Waals surface area contributed by atoms with Crippen molar-refractivity contribution in [2.24, 2.45) is 11.7 Å². The second-order valence-corrected chi connectivity index (χ2v) is 4.92. The van der Waals surface area contributed by atoms with Crippen molar-refractivity contribution in [1.29, 1.82) is 0 Å². The van der Waals surface area contributed by atoms with Gasteiger partial charge in [-0.1, -0.05) is 26.0 Å². The number of benzene rings is 1. The quantitative estimate of drug-likeness (QED) is 0.732. The third-order valence-electron chi connectivity index (χ3n) is 2.29. The number of thiocarbonyl (C=S) groups is 1. The highest BCUT2D eigenvalue weighted by atomic mass is 32.1. The highest BCUT2D eigenvalue weighted by Crippen LogP contribution is 2.13. The van der Waals surface area contributed by atoms with E-state index in [0.717, 1.165) is 0 Å². The Morgan fingerprint density at radius 3 is 2.53 bits per heavy atom. The Labute approximate surface area is 117 Å². The molecule has 0 aliphatic heterocycles. The van der Waals surface area contributed by atoms with Crippen molar-refractivity contribution in [3.63, 3.8) is 0 Å². The molecule has 0 atom stereocenters. The summed E-state index contributed by atoms with van der Waals surface area (Å²) in [5.74, 6) is -0.468. The van der Waals surface area contributed by atoms with Crippen molar-refractivity contribution >= 4 is 34.8 Å². The molecule has 0 aromatic heterocycles. The minimum Gasteiger partial charge on any atom is -0.366 e. The van der Waals surface area contributed by atoms with Crippen LogP contribution in [0.25, 0.3) is 0 Å². The van der Waals surface area contributed by atoms with Gasteiger partial charge in [0, 0.05) is 6.42 Å². The minimum atomic E-state index is -0.556. The zero-order valence-corrected chi connectivity index (χ0v) is 11.7. The van der Waals surface area contributed by atoms with Crippen LogP contribution in [-0.4, -0.2) is 16.9 Å². The van der Waals surface area contributed by atoms with Gasteiger partial charge < -0.3 is 16.4 Å². The van der Waals surface area contributed by atoms with Crippen LogP contribution in [0.5, 0.6) is 0 Å². The molecule has 0 aliphatic carbocycles. The van der Waals surface area contributed by atoms with E-state index in [1.807, 2.05) is 13.8 Å². The molecule has 0 spiro atoms. The molecule has 19 heavy (non-hydrogen) atoms. The molecule has 102 valence electrons. The predicted molar refractivity (Wildman–Crippen MR) is 78.8 cm³/mol. The van der Waals surface area contributed by atoms with Crippen LogP contribution in [0.2, 0.25) is 0 Å². The third-order valence-corrected chi connectivity index (χ3v) is 2.49. The molecule has 6 heteroatoms. The number of nitrogens with two attached hydrogens (primary N) is 1. The summed E-state index contributed by atoms with van der Waals surface area (Å²) >= 11 is 5.02. The average Bonchev–Trinajstić information content (AvgIpc) is 2.27. The smallest absolute Gasteiger partial charge is 0.250 e. The van der Waals surface area contributed by atoms with E-state index in [9.17, 15) is 9.59 Å². The van der Waals surface area contributed by atoms with Crippen LogP contribution in [0.4, 0.5) is 5.69 Å². The summed E-state index contributed by atoms with van der Waals surface area (Å²) in [4.78, 5) is 22.8. The number of nitrogens with one attached hydrogen (secondary N) is 2. The highest BCUT2D eigenvalue weighted by molar-refractivity contribution is 7.80. The Hall–Kier alpha value is -1.95. The predicted octanol–water partition coefficient (Wildman–Crippen LogP) is 1.64. The number of primary amides is 1. The van der Waals surface area contributed by atoms with Crippen molar-refractivity contribution in [3.05, 3.63) is 29.8 Å². The number of rotatable bonds is 4. The molecule has 0 aliphatic rings. The van der Waals surface area contributed by atoms with Crippen LogP contribution in [0.15, 0.2) is 24.3 Å². The second kappa shape index (κ2) is 6.84. The molecule has 0 heterocycles. The first-order valence-electron chi connectivity index (χ1n) is 5.89. The normalized spacial score (nSPS) is 10.1. The highest BCUT2D eigenvalue weighted by Gasteiger charge is 2.10. The van der Waals surface area contributed by atoms with Crippen LogP contribution >= 0.6 is 12.2 Å². The lowest BCUT2D eigenvalue weighted by Crippen LogP contribution is -2.35. The fraction of sp³-hybridized carbons (Fsp3) is 0.308. The summed E-state index contributed by atoms with van der Waals surface area (Å²) in [5, 5.41) is 5.50. The van der Waals surface area contributed by atoms with E-state index >= 15 is 0 Å². The van der Waals surface area contributed by atoms with Gasteiger partial charge in [-0.15, -0.1) is 0 Å². The Balaban J connectivity index is 2.67. The van der Waals surface area contributed by atoms with Crippen LogP contribution < -0.4 is 16.4 Å². The van der Waals surface area contributed by atoms with Crippen molar-refractivity contribution in [2.45, 2.75) is 20.3 Å². The Kier molecular flexibility index (Phi) is 5.44.